The van der Waals surface area contributed by atoms with Crippen molar-refractivity contribution >= 4 is 11.9 Å². The van der Waals surface area contributed by atoms with Gasteiger partial charge in [0.1, 0.15) is 11.6 Å². The topological polar surface area (TPSA) is 66.8 Å². The summed E-state index contributed by atoms with van der Waals surface area (Å²) in [6.07, 6.45) is 1.81. The Balaban J connectivity index is 2.75. The van der Waals surface area contributed by atoms with Gasteiger partial charge >= 0.3 is 5.97 Å². The second kappa shape index (κ2) is 6.93. The van der Waals surface area contributed by atoms with Crippen LogP contribution >= 0.6 is 0 Å². The molecule has 0 radical (unpaired) electrons. The molecule has 1 saturated heterocycles. The molecular formula is C18H31NO4. The Morgan fingerprint density at radius 3 is 2.22 bits per heavy atom. The lowest BCUT2D eigenvalue weighted by Gasteiger charge is -2.42. The molecule has 0 aromatic heterocycles. The second-order valence-electron chi connectivity index (χ2n) is 8.01. The van der Waals surface area contributed by atoms with Crippen LogP contribution in [0.4, 0.5) is 0 Å². The van der Waals surface area contributed by atoms with Crippen molar-refractivity contribution < 1.29 is 19.4 Å². The summed E-state index contributed by atoms with van der Waals surface area (Å²) >= 11 is 0. The Bertz CT molecular complexity index is 476. The molecule has 0 spiro atoms. The number of hydrogen-bond acceptors (Lipinski definition) is 4. The van der Waals surface area contributed by atoms with Gasteiger partial charge in [0.25, 0.3) is 0 Å². The monoisotopic (exact) mass is 325 g/mol. The van der Waals surface area contributed by atoms with E-state index < -0.39 is 17.1 Å². The van der Waals surface area contributed by atoms with Crippen molar-refractivity contribution in [2.24, 2.45) is 11.3 Å². The standard InChI is InChI=1S/C18H31NO4/c1-8-13(11-18(6,7)12(2)20)15(21)19-10-9-14(19)16(22)23-17(3,4)5/h13-14,20H,2,8-11H2,1,3-7H3. The Morgan fingerprint density at radius 1 is 1.30 bits per heavy atom. The fourth-order valence-electron chi connectivity index (χ4n) is 2.64. The predicted octanol–water partition coefficient (Wildman–Crippen LogP) is 3.44. The highest BCUT2D eigenvalue weighted by atomic mass is 16.6. The Kier molecular flexibility index (Phi) is 5.89. The third-order valence-electron chi connectivity index (χ3n) is 4.36. The van der Waals surface area contributed by atoms with E-state index in [1.165, 1.54) is 0 Å². The molecule has 2 atom stereocenters. The van der Waals surface area contributed by atoms with E-state index >= 15 is 0 Å². The minimum atomic E-state index is -0.553. The second-order valence-corrected chi connectivity index (χ2v) is 8.01. The van der Waals surface area contributed by atoms with Crippen LogP contribution in [0.5, 0.6) is 0 Å². The van der Waals surface area contributed by atoms with Crippen LogP contribution in [0.15, 0.2) is 12.3 Å². The fraction of sp³-hybridized carbons (Fsp3) is 0.778. The highest BCUT2D eigenvalue weighted by molar-refractivity contribution is 5.87. The van der Waals surface area contributed by atoms with Crippen LogP contribution in [0, 0.1) is 11.3 Å². The minimum absolute atomic E-state index is 0.0380. The number of aliphatic hydroxyl groups is 1. The normalized spacial score (nSPS) is 19.7. The summed E-state index contributed by atoms with van der Waals surface area (Å²) in [6, 6.07) is -0.476. The molecule has 132 valence electrons. The number of ether oxygens (including phenoxy) is 1. The van der Waals surface area contributed by atoms with Gasteiger partial charge in [0.05, 0.1) is 5.76 Å². The van der Waals surface area contributed by atoms with E-state index in [9.17, 15) is 14.7 Å². The summed E-state index contributed by atoms with van der Waals surface area (Å²) in [5, 5.41) is 9.69. The Morgan fingerprint density at radius 2 is 1.87 bits per heavy atom. The van der Waals surface area contributed by atoms with E-state index in [2.05, 4.69) is 6.58 Å². The van der Waals surface area contributed by atoms with Crippen LogP contribution in [-0.4, -0.2) is 40.1 Å². The Hall–Kier alpha value is -1.52. The summed E-state index contributed by atoms with van der Waals surface area (Å²) in [7, 11) is 0. The molecule has 1 rings (SSSR count). The van der Waals surface area contributed by atoms with Crippen molar-refractivity contribution in [1.29, 1.82) is 0 Å². The van der Waals surface area contributed by atoms with Crippen LogP contribution in [0.1, 0.15) is 60.8 Å². The lowest BCUT2D eigenvalue weighted by molar-refractivity contribution is -0.172. The van der Waals surface area contributed by atoms with Gasteiger partial charge in [-0.05, 0) is 40.0 Å². The van der Waals surface area contributed by atoms with E-state index in [0.717, 1.165) is 0 Å². The van der Waals surface area contributed by atoms with Crippen molar-refractivity contribution in [2.75, 3.05) is 6.54 Å². The average Bonchev–Trinajstić information content (AvgIpc) is 2.31. The number of allylic oxidation sites excluding steroid dienone is 1. The van der Waals surface area contributed by atoms with Crippen LogP contribution in [0.25, 0.3) is 0 Å². The number of rotatable bonds is 6. The van der Waals surface area contributed by atoms with Gasteiger partial charge in [-0.2, -0.15) is 0 Å². The molecule has 0 aromatic rings. The van der Waals surface area contributed by atoms with E-state index in [4.69, 9.17) is 4.74 Å². The molecule has 1 fully saturated rings. The molecule has 1 N–H and O–H groups in total. The molecule has 5 heteroatoms. The van der Waals surface area contributed by atoms with Gasteiger partial charge in [-0.25, -0.2) is 4.79 Å². The first kappa shape index (κ1) is 19.5. The summed E-state index contributed by atoms with van der Waals surface area (Å²) < 4.78 is 5.39. The van der Waals surface area contributed by atoms with E-state index in [1.54, 1.807) is 4.90 Å². The Labute approximate surface area is 139 Å². The molecule has 5 nitrogen and oxygen atoms in total. The van der Waals surface area contributed by atoms with Gasteiger partial charge in [-0.3, -0.25) is 4.79 Å². The molecule has 0 aromatic carbocycles. The van der Waals surface area contributed by atoms with Crippen LogP contribution in [-0.2, 0) is 14.3 Å². The lowest BCUT2D eigenvalue weighted by Crippen LogP contribution is -2.58. The minimum Gasteiger partial charge on any atom is -0.512 e. The average molecular weight is 325 g/mol. The van der Waals surface area contributed by atoms with Gasteiger partial charge in [0.2, 0.25) is 5.91 Å². The molecule has 0 aliphatic carbocycles. The largest absolute Gasteiger partial charge is 0.512 e. The molecule has 2 unspecified atom stereocenters. The summed E-state index contributed by atoms with van der Waals surface area (Å²) in [5.41, 5.74) is -1.08. The van der Waals surface area contributed by atoms with Crippen molar-refractivity contribution in [3.63, 3.8) is 0 Å². The zero-order valence-corrected chi connectivity index (χ0v) is 15.3. The maximum Gasteiger partial charge on any atom is 0.329 e. The number of esters is 1. The molecule has 1 amide bonds. The summed E-state index contributed by atoms with van der Waals surface area (Å²) in [5.74, 6) is -0.531. The number of aliphatic hydroxyl groups excluding tert-OH is 1. The van der Waals surface area contributed by atoms with Crippen molar-refractivity contribution in [1.82, 2.24) is 4.90 Å². The zero-order valence-electron chi connectivity index (χ0n) is 15.3. The number of hydrogen-bond donors (Lipinski definition) is 1. The molecule has 1 aliphatic rings. The van der Waals surface area contributed by atoms with E-state index in [1.807, 2.05) is 41.5 Å². The van der Waals surface area contributed by atoms with Crippen LogP contribution in [0.3, 0.4) is 0 Å². The van der Waals surface area contributed by atoms with Crippen molar-refractivity contribution in [2.45, 2.75) is 72.4 Å². The summed E-state index contributed by atoms with van der Waals surface area (Å²) in [6.45, 7) is 15.3. The highest BCUT2D eigenvalue weighted by Crippen LogP contribution is 2.35. The predicted molar refractivity (Wildman–Crippen MR) is 89.9 cm³/mol. The molecule has 1 heterocycles. The third-order valence-corrected chi connectivity index (χ3v) is 4.36. The van der Waals surface area contributed by atoms with Gasteiger partial charge in [0.15, 0.2) is 0 Å². The van der Waals surface area contributed by atoms with Crippen molar-refractivity contribution in [3.8, 4) is 0 Å². The first-order valence-electron chi connectivity index (χ1n) is 8.30. The lowest BCUT2D eigenvalue weighted by atomic mass is 9.79. The number of carbonyl (C=O) groups is 2. The van der Waals surface area contributed by atoms with Gasteiger partial charge in [0, 0.05) is 17.9 Å². The smallest absolute Gasteiger partial charge is 0.329 e. The molecule has 0 bridgehead atoms. The van der Waals surface area contributed by atoms with Gasteiger partial charge < -0.3 is 14.7 Å². The quantitative estimate of drug-likeness (QED) is 0.600. The van der Waals surface area contributed by atoms with E-state index in [0.29, 0.717) is 25.8 Å². The maximum absolute atomic E-state index is 12.7. The fourth-order valence-corrected chi connectivity index (χ4v) is 2.64. The highest BCUT2D eigenvalue weighted by Gasteiger charge is 2.43. The van der Waals surface area contributed by atoms with Crippen LogP contribution in [0.2, 0.25) is 0 Å². The molecule has 23 heavy (non-hydrogen) atoms. The molecular weight excluding hydrogens is 294 g/mol. The number of nitrogens with zero attached hydrogens (tertiary/aromatic N) is 1. The molecule has 0 saturated carbocycles. The van der Waals surface area contributed by atoms with Gasteiger partial charge in [-0.15, -0.1) is 0 Å². The third kappa shape index (κ3) is 4.98. The van der Waals surface area contributed by atoms with Crippen LogP contribution < -0.4 is 0 Å². The number of likely N-dealkylation sites (tertiary alicyclic amines) is 1. The maximum atomic E-state index is 12.7. The first-order chi connectivity index (χ1) is 10.4. The first-order valence-corrected chi connectivity index (χ1v) is 8.30. The SMILES string of the molecule is C=C(O)C(C)(C)CC(CC)C(=O)N1CCC1C(=O)OC(C)(C)C. The van der Waals surface area contributed by atoms with Gasteiger partial charge in [-0.1, -0.05) is 27.4 Å². The summed E-state index contributed by atoms with van der Waals surface area (Å²) in [4.78, 5) is 26.5. The number of amides is 1. The zero-order chi connectivity index (χ0) is 18.0. The number of carbonyl (C=O) groups excluding carboxylic acids is 2. The van der Waals surface area contributed by atoms with Crippen molar-refractivity contribution in [3.05, 3.63) is 12.3 Å². The van der Waals surface area contributed by atoms with E-state index in [-0.39, 0.29) is 23.6 Å². The molecule has 1 aliphatic heterocycles.